The number of benzene rings is 1. The molecular formula is C23H22F2N6O. The molecule has 3 heterocycles. The quantitative estimate of drug-likeness (QED) is 0.435. The highest BCUT2D eigenvalue weighted by Crippen LogP contribution is 2.36. The predicted molar refractivity (Wildman–Crippen MR) is 117 cm³/mol. The number of pyridine rings is 1. The second-order valence-corrected chi connectivity index (χ2v) is 8.13. The molecule has 0 amide bonds. The largest absolute Gasteiger partial charge is 0.508 e. The molecule has 1 aromatic carbocycles. The van der Waals surface area contributed by atoms with Gasteiger partial charge in [0.05, 0.1) is 34.9 Å². The summed E-state index contributed by atoms with van der Waals surface area (Å²) in [6.45, 7) is 0. The zero-order valence-corrected chi connectivity index (χ0v) is 17.2. The van der Waals surface area contributed by atoms with Gasteiger partial charge in [-0.15, -0.1) is 0 Å². The van der Waals surface area contributed by atoms with Gasteiger partial charge in [-0.3, -0.25) is 4.98 Å². The summed E-state index contributed by atoms with van der Waals surface area (Å²) in [5.74, 6) is -1.56. The van der Waals surface area contributed by atoms with Crippen LogP contribution < -0.4 is 11.1 Å². The van der Waals surface area contributed by atoms with E-state index in [4.69, 9.17) is 5.73 Å². The smallest absolute Gasteiger partial charge is 0.229 e. The Bertz CT molecular complexity index is 1270. The van der Waals surface area contributed by atoms with E-state index >= 15 is 0 Å². The van der Waals surface area contributed by atoms with Crippen molar-refractivity contribution in [1.82, 2.24) is 19.6 Å². The van der Waals surface area contributed by atoms with Gasteiger partial charge in [-0.05, 0) is 48.9 Å². The first-order chi connectivity index (χ1) is 15.5. The molecule has 9 heteroatoms. The van der Waals surface area contributed by atoms with Crippen molar-refractivity contribution in [1.29, 1.82) is 0 Å². The molecule has 164 valence electrons. The van der Waals surface area contributed by atoms with Gasteiger partial charge in [-0.25, -0.2) is 13.8 Å². The van der Waals surface area contributed by atoms with E-state index in [1.807, 2.05) is 6.07 Å². The first-order valence-corrected chi connectivity index (χ1v) is 10.5. The number of rotatable bonds is 4. The van der Waals surface area contributed by atoms with Crippen LogP contribution in [0.4, 0.5) is 20.4 Å². The minimum atomic E-state index is -0.896. The number of fused-ring (bicyclic) bond motifs is 1. The van der Waals surface area contributed by atoms with Crippen molar-refractivity contribution in [2.75, 3.05) is 5.32 Å². The molecule has 0 aliphatic heterocycles. The molecule has 2 atom stereocenters. The van der Waals surface area contributed by atoms with Crippen molar-refractivity contribution in [2.45, 2.75) is 37.6 Å². The molecule has 1 fully saturated rings. The molecule has 32 heavy (non-hydrogen) atoms. The van der Waals surface area contributed by atoms with Crippen LogP contribution in [0.2, 0.25) is 0 Å². The number of imidazole rings is 1. The van der Waals surface area contributed by atoms with Crippen molar-refractivity contribution in [3.8, 4) is 17.0 Å². The number of aromatic nitrogens is 4. The van der Waals surface area contributed by atoms with Crippen LogP contribution >= 0.6 is 0 Å². The number of hydrogen-bond donors (Lipinski definition) is 3. The Hall–Kier alpha value is -3.59. The molecule has 0 bridgehead atoms. The van der Waals surface area contributed by atoms with Crippen LogP contribution in [-0.4, -0.2) is 30.7 Å². The van der Waals surface area contributed by atoms with Gasteiger partial charge in [0.15, 0.2) is 0 Å². The zero-order chi connectivity index (χ0) is 22.2. The second kappa shape index (κ2) is 8.16. The lowest BCUT2D eigenvalue weighted by Gasteiger charge is -2.28. The molecule has 4 N–H and O–H groups in total. The fourth-order valence-corrected chi connectivity index (χ4v) is 4.40. The van der Waals surface area contributed by atoms with Gasteiger partial charge in [0.1, 0.15) is 17.4 Å². The third-order valence-corrected chi connectivity index (χ3v) is 5.92. The third kappa shape index (κ3) is 3.75. The number of aromatic hydroxyl groups is 1. The molecule has 4 aromatic rings. The van der Waals surface area contributed by atoms with E-state index in [2.05, 4.69) is 20.4 Å². The molecule has 1 aliphatic carbocycles. The maximum atomic E-state index is 14.4. The summed E-state index contributed by atoms with van der Waals surface area (Å²) in [6, 6.07) is 7.07. The zero-order valence-electron chi connectivity index (χ0n) is 17.2. The molecule has 5 rings (SSSR count). The van der Waals surface area contributed by atoms with E-state index < -0.39 is 17.4 Å². The van der Waals surface area contributed by atoms with Gasteiger partial charge in [0.25, 0.3) is 0 Å². The van der Waals surface area contributed by atoms with Crippen LogP contribution in [0.1, 0.15) is 37.2 Å². The summed E-state index contributed by atoms with van der Waals surface area (Å²) < 4.78 is 30.2. The topological polar surface area (TPSA) is 101 Å². The monoisotopic (exact) mass is 436 g/mol. The normalized spacial score (nSPS) is 18.7. The van der Waals surface area contributed by atoms with E-state index in [1.165, 1.54) is 10.6 Å². The first kappa shape index (κ1) is 20.3. The lowest BCUT2D eigenvalue weighted by atomic mass is 9.81. The number of nitrogens with one attached hydrogen (secondary N) is 1. The molecule has 0 spiro atoms. The van der Waals surface area contributed by atoms with Gasteiger partial charge in [-0.2, -0.15) is 9.61 Å². The van der Waals surface area contributed by atoms with Crippen LogP contribution in [0, 0.1) is 11.6 Å². The Kier molecular flexibility index (Phi) is 5.18. The van der Waals surface area contributed by atoms with Crippen molar-refractivity contribution < 1.29 is 13.9 Å². The van der Waals surface area contributed by atoms with Crippen LogP contribution in [0.3, 0.4) is 0 Å². The first-order valence-electron chi connectivity index (χ1n) is 10.5. The maximum Gasteiger partial charge on any atom is 0.229 e. The van der Waals surface area contributed by atoms with Crippen LogP contribution in [0.25, 0.3) is 16.8 Å². The molecule has 1 saturated carbocycles. The van der Waals surface area contributed by atoms with Crippen LogP contribution in [0.5, 0.6) is 5.75 Å². The minimum absolute atomic E-state index is 0.0817. The Morgan fingerprint density at radius 1 is 1.09 bits per heavy atom. The molecular weight excluding hydrogens is 414 g/mol. The highest BCUT2D eigenvalue weighted by atomic mass is 19.1. The average molecular weight is 436 g/mol. The van der Waals surface area contributed by atoms with E-state index in [0.29, 0.717) is 17.4 Å². The predicted octanol–water partition coefficient (Wildman–Crippen LogP) is 4.50. The summed E-state index contributed by atoms with van der Waals surface area (Å²) in [6.07, 6.45) is 9.19. The van der Waals surface area contributed by atoms with E-state index in [1.54, 1.807) is 24.7 Å². The molecule has 0 saturated heterocycles. The minimum Gasteiger partial charge on any atom is -0.508 e. The maximum absolute atomic E-state index is 14.4. The lowest BCUT2D eigenvalue weighted by molar-refractivity contribution is 0.394. The fraction of sp³-hybridized carbons (Fsp3) is 0.261. The van der Waals surface area contributed by atoms with E-state index in [-0.39, 0.29) is 17.3 Å². The number of phenols is 1. The van der Waals surface area contributed by atoms with Crippen molar-refractivity contribution in [3.05, 3.63) is 66.1 Å². The summed E-state index contributed by atoms with van der Waals surface area (Å²) in [5.41, 5.74) is 8.52. The van der Waals surface area contributed by atoms with Gasteiger partial charge in [-0.1, -0.05) is 6.42 Å². The lowest BCUT2D eigenvalue weighted by Crippen LogP contribution is -2.27. The van der Waals surface area contributed by atoms with Gasteiger partial charge < -0.3 is 16.2 Å². The molecule has 0 radical (unpaired) electrons. The Labute approximate surface area is 182 Å². The van der Waals surface area contributed by atoms with Crippen molar-refractivity contribution >= 4 is 17.2 Å². The molecule has 3 aromatic heterocycles. The fourth-order valence-electron chi connectivity index (χ4n) is 4.40. The average Bonchev–Trinajstić information content (AvgIpc) is 3.15. The van der Waals surface area contributed by atoms with Crippen molar-refractivity contribution in [2.24, 2.45) is 5.73 Å². The summed E-state index contributed by atoms with van der Waals surface area (Å²) >= 11 is 0. The van der Waals surface area contributed by atoms with Crippen LogP contribution in [-0.2, 0) is 0 Å². The summed E-state index contributed by atoms with van der Waals surface area (Å²) in [5, 5.41) is 17.1. The van der Waals surface area contributed by atoms with Gasteiger partial charge >= 0.3 is 0 Å². The highest BCUT2D eigenvalue weighted by Gasteiger charge is 2.23. The van der Waals surface area contributed by atoms with E-state index in [0.717, 1.165) is 49.1 Å². The van der Waals surface area contributed by atoms with E-state index in [9.17, 15) is 13.9 Å². The number of anilines is 2. The van der Waals surface area contributed by atoms with Gasteiger partial charge in [0, 0.05) is 24.4 Å². The van der Waals surface area contributed by atoms with Gasteiger partial charge in [0.2, 0.25) is 5.95 Å². The number of nitrogens with zero attached hydrogens (tertiary/aromatic N) is 4. The number of nitrogens with two attached hydrogens (primary N) is 1. The highest BCUT2D eigenvalue weighted by molar-refractivity contribution is 5.66. The molecule has 0 unspecified atom stereocenters. The molecule has 7 nitrogen and oxygen atoms in total. The summed E-state index contributed by atoms with van der Waals surface area (Å²) in [4.78, 5) is 8.64. The Morgan fingerprint density at radius 2 is 1.91 bits per heavy atom. The third-order valence-electron chi connectivity index (χ3n) is 5.92. The SMILES string of the molecule is N[C@H]1CCC[C@@H](c2ccncc2Nc2ncc3ccc(-c4c(F)cc(O)cc4F)nn23)C1. The Morgan fingerprint density at radius 3 is 2.69 bits per heavy atom. The second-order valence-electron chi connectivity index (χ2n) is 8.13. The van der Waals surface area contributed by atoms with Crippen molar-refractivity contribution in [3.63, 3.8) is 0 Å². The Balaban J connectivity index is 1.53. The molecule has 1 aliphatic rings. The number of halogens is 2. The standard InChI is InChI=1S/C23H22F2N6O/c24-18-9-16(32)10-19(25)22(18)20-5-4-15-11-28-23(31(15)30-20)29-21-12-27-7-6-17(21)13-2-1-3-14(26)8-13/h4-7,9-14,32H,1-3,8,26H2,(H,28,29)/t13-,14+/m1/s1. The summed E-state index contributed by atoms with van der Waals surface area (Å²) in [7, 11) is 0. The van der Waals surface area contributed by atoms with Crippen LogP contribution in [0.15, 0.2) is 48.9 Å². The number of hydrogen-bond acceptors (Lipinski definition) is 6. The number of phenolic OH excluding ortho intramolecular Hbond substituents is 1.